The first-order valence-electron chi connectivity index (χ1n) is 11.0. The molecule has 5 rings (SSSR count). The van der Waals surface area contributed by atoms with E-state index in [2.05, 4.69) is 15.0 Å². The Labute approximate surface area is 196 Å². The van der Waals surface area contributed by atoms with Crippen LogP contribution in [0.25, 0.3) is 33.7 Å². The Morgan fingerprint density at radius 2 is 2.00 bits per heavy atom. The number of para-hydroxylation sites is 1. The zero-order chi connectivity index (χ0) is 22.8. The van der Waals surface area contributed by atoms with Gasteiger partial charge in [-0.1, -0.05) is 35.0 Å². The van der Waals surface area contributed by atoms with Crippen LogP contribution in [0.2, 0.25) is 5.02 Å². The van der Waals surface area contributed by atoms with Crippen molar-refractivity contribution in [1.82, 2.24) is 15.1 Å². The number of benzene rings is 2. The molecule has 0 spiro atoms. The highest BCUT2D eigenvalue weighted by Gasteiger charge is 2.28. The largest absolute Gasteiger partial charge is 0.466 e. The maximum Gasteiger partial charge on any atom is 0.310 e. The fourth-order valence-electron chi connectivity index (χ4n) is 4.19. The summed E-state index contributed by atoms with van der Waals surface area (Å²) in [5.74, 6) is 1.38. The Bertz CT molecular complexity index is 1290. The van der Waals surface area contributed by atoms with E-state index in [1.165, 1.54) is 0 Å². The molecule has 2 aromatic heterocycles. The Morgan fingerprint density at radius 1 is 1.18 bits per heavy atom. The van der Waals surface area contributed by atoms with Gasteiger partial charge in [0.25, 0.3) is 5.89 Å². The van der Waals surface area contributed by atoms with E-state index in [1.54, 1.807) is 12.1 Å². The number of pyridine rings is 1. The molecule has 1 aliphatic heterocycles. The minimum absolute atomic E-state index is 0.146. The fraction of sp³-hybridized carbons (Fsp3) is 0.280. The lowest BCUT2D eigenvalue weighted by Crippen LogP contribution is -2.39. The molecule has 2 aromatic carbocycles. The molecule has 1 atom stereocenters. The number of nitrogens with zero attached hydrogens (tertiary/aromatic N) is 4. The molecule has 1 fully saturated rings. The van der Waals surface area contributed by atoms with Gasteiger partial charge >= 0.3 is 5.97 Å². The van der Waals surface area contributed by atoms with Crippen LogP contribution in [0, 0.1) is 5.92 Å². The molecule has 1 aliphatic rings. The van der Waals surface area contributed by atoms with Crippen molar-refractivity contribution in [3.05, 3.63) is 59.6 Å². The summed E-state index contributed by atoms with van der Waals surface area (Å²) in [6.45, 7) is 3.61. The molecule has 0 N–H and O–H groups in total. The first-order chi connectivity index (χ1) is 16.1. The number of aromatic nitrogens is 3. The van der Waals surface area contributed by atoms with Crippen molar-refractivity contribution in [3.8, 4) is 22.8 Å². The third-order valence-electron chi connectivity index (χ3n) is 5.83. The number of carbonyl (C=O) groups excluding carboxylic acids is 1. The number of piperidine rings is 1. The van der Waals surface area contributed by atoms with Gasteiger partial charge in [0, 0.05) is 29.1 Å². The zero-order valence-electron chi connectivity index (χ0n) is 18.2. The highest BCUT2D eigenvalue weighted by atomic mass is 35.5. The van der Waals surface area contributed by atoms with Crippen molar-refractivity contribution >= 4 is 34.3 Å². The third kappa shape index (κ3) is 4.41. The Hall–Kier alpha value is -3.45. The third-order valence-corrected chi connectivity index (χ3v) is 6.08. The number of anilines is 1. The van der Waals surface area contributed by atoms with E-state index in [9.17, 15) is 4.79 Å². The molecule has 0 aliphatic carbocycles. The van der Waals surface area contributed by atoms with Crippen molar-refractivity contribution in [2.45, 2.75) is 19.8 Å². The van der Waals surface area contributed by atoms with Gasteiger partial charge in [0.2, 0.25) is 5.82 Å². The van der Waals surface area contributed by atoms with E-state index in [0.29, 0.717) is 29.9 Å². The number of rotatable bonds is 5. The number of carbonyl (C=O) groups is 1. The van der Waals surface area contributed by atoms with Crippen LogP contribution >= 0.6 is 11.6 Å². The number of hydrogen-bond donors (Lipinski definition) is 0. The van der Waals surface area contributed by atoms with Gasteiger partial charge in [-0.25, -0.2) is 4.98 Å². The maximum atomic E-state index is 12.3. The molecule has 4 aromatic rings. The predicted octanol–water partition coefficient (Wildman–Crippen LogP) is 5.38. The smallest absolute Gasteiger partial charge is 0.310 e. The number of halogens is 1. The molecule has 1 saturated heterocycles. The molecule has 3 heterocycles. The van der Waals surface area contributed by atoms with Gasteiger partial charge in [0.1, 0.15) is 5.82 Å². The van der Waals surface area contributed by atoms with Crippen LogP contribution < -0.4 is 4.90 Å². The van der Waals surface area contributed by atoms with Crippen molar-refractivity contribution in [2.24, 2.45) is 5.92 Å². The maximum absolute atomic E-state index is 12.3. The average molecular weight is 463 g/mol. The molecule has 0 bridgehead atoms. The first-order valence-corrected chi connectivity index (χ1v) is 11.4. The van der Waals surface area contributed by atoms with Crippen molar-refractivity contribution in [2.75, 3.05) is 24.6 Å². The fourth-order valence-corrected chi connectivity index (χ4v) is 4.31. The molecule has 1 unspecified atom stereocenters. The lowest BCUT2D eigenvalue weighted by atomic mass is 9.98. The minimum Gasteiger partial charge on any atom is -0.466 e. The van der Waals surface area contributed by atoms with Gasteiger partial charge in [0.05, 0.1) is 23.6 Å². The monoisotopic (exact) mass is 462 g/mol. The quantitative estimate of drug-likeness (QED) is 0.368. The van der Waals surface area contributed by atoms with Crippen LogP contribution in [0.15, 0.2) is 59.1 Å². The topological polar surface area (TPSA) is 81.4 Å². The van der Waals surface area contributed by atoms with Crippen LogP contribution in [0.4, 0.5) is 5.82 Å². The predicted molar refractivity (Wildman–Crippen MR) is 127 cm³/mol. The van der Waals surface area contributed by atoms with E-state index in [1.807, 2.05) is 49.4 Å². The van der Waals surface area contributed by atoms with Gasteiger partial charge in [-0.2, -0.15) is 4.98 Å². The molecule has 33 heavy (non-hydrogen) atoms. The summed E-state index contributed by atoms with van der Waals surface area (Å²) in [5, 5.41) is 5.74. The standard InChI is InChI=1S/C25H23ClN4O3/c1-2-32-25(31)17-6-5-13-30(15-17)22-14-20(19-7-3-4-8-21(19)27-22)24-28-23(29-33-24)16-9-11-18(26)12-10-16/h3-4,7-12,14,17H,2,5-6,13,15H2,1H3. The highest BCUT2D eigenvalue weighted by molar-refractivity contribution is 6.30. The Kier molecular flexibility index (Phi) is 5.96. The second kappa shape index (κ2) is 9.19. The lowest BCUT2D eigenvalue weighted by molar-refractivity contribution is -0.148. The Balaban J connectivity index is 1.52. The molecule has 0 radical (unpaired) electrons. The average Bonchev–Trinajstić information content (AvgIpc) is 3.34. The van der Waals surface area contributed by atoms with E-state index >= 15 is 0 Å². The molecule has 7 nitrogen and oxygen atoms in total. The lowest BCUT2D eigenvalue weighted by Gasteiger charge is -2.32. The zero-order valence-corrected chi connectivity index (χ0v) is 19.0. The molecule has 0 amide bonds. The molecule has 168 valence electrons. The number of hydrogen-bond acceptors (Lipinski definition) is 7. The summed E-state index contributed by atoms with van der Waals surface area (Å²) in [5.41, 5.74) is 2.46. The molecule has 8 heteroatoms. The summed E-state index contributed by atoms with van der Waals surface area (Å²) >= 11 is 6.00. The minimum atomic E-state index is -0.157. The van der Waals surface area contributed by atoms with E-state index in [-0.39, 0.29) is 11.9 Å². The normalized spacial score (nSPS) is 16.2. The van der Waals surface area contributed by atoms with Gasteiger partial charge in [0.15, 0.2) is 0 Å². The van der Waals surface area contributed by atoms with E-state index in [4.69, 9.17) is 25.8 Å². The van der Waals surface area contributed by atoms with Crippen LogP contribution in [0.1, 0.15) is 19.8 Å². The van der Waals surface area contributed by atoms with Crippen LogP contribution in [0.3, 0.4) is 0 Å². The highest BCUT2D eigenvalue weighted by Crippen LogP contribution is 2.33. The van der Waals surface area contributed by atoms with Crippen molar-refractivity contribution in [1.29, 1.82) is 0 Å². The molecular formula is C25H23ClN4O3. The first kappa shape index (κ1) is 21.4. The second-order valence-electron chi connectivity index (χ2n) is 8.01. The van der Waals surface area contributed by atoms with Crippen molar-refractivity contribution < 1.29 is 14.1 Å². The second-order valence-corrected chi connectivity index (χ2v) is 8.45. The summed E-state index contributed by atoms with van der Waals surface area (Å²) in [4.78, 5) is 24.0. The number of ether oxygens (including phenoxy) is 1. The Morgan fingerprint density at radius 3 is 2.82 bits per heavy atom. The van der Waals surface area contributed by atoms with Crippen LogP contribution in [-0.2, 0) is 9.53 Å². The summed E-state index contributed by atoms with van der Waals surface area (Å²) in [6.07, 6.45) is 1.72. The summed E-state index contributed by atoms with van der Waals surface area (Å²) < 4.78 is 10.9. The summed E-state index contributed by atoms with van der Waals surface area (Å²) in [6, 6.07) is 17.1. The summed E-state index contributed by atoms with van der Waals surface area (Å²) in [7, 11) is 0. The SMILES string of the molecule is CCOC(=O)C1CCCN(c2cc(-c3nc(-c4ccc(Cl)cc4)no3)c3ccccc3n2)C1. The van der Waals surface area contributed by atoms with Gasteiger partial charge in [-0.15, -0.1) is 0 Å². The van der Waals surface area contributed by atoms with Gasteiger partial charge in [-0.05, 0) is 56.2 Å². The van der Waals surface area contributed by atoms with Crippen LogP contribution in [-0.4, -0.2) is 40.8 Å². The number of esters is 1. The van der Waals surface area contributed by atoms with Crippen LogP contribution in [0.5, 0.6) is 0 Å². The van der Waals surface area contributed by atoms with Gasteiger partial charge < -0.3 is 14.2 Å². The van der Waals surface area contributed by atoms with E-state index in [0.717, 1.165) is 47.2 Å². The molecular weight excluding hydrogens is 440 g/mol. The van der Waals surface area contributed by atoms with Crippen molar-refractivity contribution in [3.63, 3.8) is 0 Å². The van der Waals surface area contributed by atoms with Gasteiger partial charge in [-0.3, -0.25) is 4.79 Å². The molecule has 0 saturated carbocycles. The van der Waals surface area contributed by atoms with E-state index < -0.39 is 0 Å². The number of fused-ring (bicyclic) bond motifs is 1.